The maximum Gasteiger partial charge on any atom is 0.148 e. The van der Waals surface area contributed by atoms with Gasteiger partial charge in [-0.05, 0) is 38.1 Å². The zero-order valence-electron chi connectivity index (χ0n) is 9.79. The first-order chi connectivity index (χ1) is 8.16. The van der Waals surface area contributed by atoms with E-state index in [9.17, 15) is 5.11 Å². The van der Waals surface area contributed by atoms with Gasteiger partial charge in [0.05, 0.1) is 23.7 Å². The van der Waals surface area contributed by atoms with Gasteiger partial charge >= 0.3 is 0 Å². The van der Waals surface area contributed by atoms with E-state index < -0.39 is 6.10 Å². The zero-order valence-corrected chi connectivity index (χ0v) is 9.79. The van der Waals surface area contributed by atoms with Crippen molar-refractivity contribution in [2.45, 2.75) is 20.0 Å². The van der Waals surface area contributed by atoms with Crippen LogP contribution in [-0.2, 0) is 0 Å². The predicted octanol–water partition coefficient (Wildman–Crippen LogP) is 2.63. The molecule has 0 saturated heterocycles. The van der Waals surface area contributed by atoms with Gasteiger partial charge in [0.15, 0.2) is 0 Å². The van der Waals surface area contributed by atoms with Gasteiger partial charge in [0.2, 0.25) is 0 Å². The number of rotatable bonds is 3. The van der Waals surface area contributed by atoms with Crippen molar-refractivity contribution in [3.05, 3.63) is 48.0 Å². The van der Waals surface area contributed by atoms with Gasteiger partial charge in [-0.3, -0.25) is 9.97 Å². The Balaban J connectivity index is 2.17. The Kier molecular flexibility index (Phi) is 3.35. The summed E-state index contributed by atoms with van der Waals surface area (Å²) in [5.41, 5.74) is 1.45. The van der Waals surface area contributed by atoms with Gasteiger partial charge in [0, 0.05) is 6.20 Å². The van der Waals surface area contributed by atoms with Crippen LogP contribution >= 0.6 is 0 Å². The van der Waals surface area contributed by atoms with Gasteiger partial charge in [-0.2, -0.15) is 0 Å². The molecule has 2 heterocycles. The first kappa shape index (κ1) is 11.5. The number of aliphatic hydroxyl groups is 1. The van der Waals surface area contributed by atoms with Crippen molar-refractivity contribution in [2.75, 3.05) is 0 Å². The molecule has 0 fully saturated rings. The molecule has 88 valence electrons. The fourth-order valence-corrected chi connectivity index (χ4v) is 1.40. The first-order valence-electron chi connectivity index (χ1n) is 5.40. The van der Waals surface area contributed by atoms with Gasteiger partial charge in [0.25, 0.3) is 0 Å². The molecule has 0 aliphatic heterocycles. The smallest absolute Gasteiger partial charge is 0.148 e. The van der Waals surface area contributed by atoms with Crippen LogP contribution in [-0.4, -0.2) is 15.1 Å². The minimum absolute atomic E-state index is 0.566. The van der Waals surface area contributed by atoms with Crippen LogP contribution in [0.2, 0.25) is 0 Å². The Morgan fingerprint density at radius 2 is 2.06 bits per heavy atom. The lowest BCUT2D eigenvalue weighted by atomic mass is 10.2. The van der Waals surface area contributed by atoms with Gasteiger partial charge in [-0.25, -0.2) is 0 Å². The normalized spacial score (nSPS) is 12.2. The number of hydrogen-bond donors (Lipinski definition) is 1. The molecule has 0 aromatic carbocycles. The van der Waals surface area contributed by atoms with Crippen LogP contribution in [0.1, 0.15) is 24.4 Å². The van der Waals surface area contributed by atoms with Gasteiger partial charge in [-0.1, -0.05) is 0 Å². The van der Waals surface area contributed by atoms with E-state index in [1.54, 1.807) is 31.5 Å². The summed E-state index contributed by atoms with van der Waals surface area (Å²) in [4.78, 5) is 8.24. The molecule has 17 heavy (non-hydrogen) atoms. The van der Waals surface area contributed by atoms with E-state index in [0.29, 0.717) is 17.2 Å². The van der Waals surface area contributed by atoms with Gasteiger partial charge in [0.1, 0.15) is 11.5 Å². The fourth-order valence-electron chi connectivity index (χ4n) is 1.40. The van der Waals surface area contributed by atoms with Gasteiger partial charge < -0.3 is 9.84 Å². The summed E-state index contributed by atoms with van der Waals surface area (Å²) in [6.45, 7) is 3.56. The number of aliphatic hydroxyl groups excluding tert-OH is 1. The second-order valence-corrected chi connectivity index (χ2v) is 3.78. The van der Waals surface area contributed by atoms with E-state index in [-0.39, 0.29) is 0 Å². The molecule has 2 aromatic rings. The molecule has 2 aromatic heterocycles. The number of pyridine rings is 2. The van der Waals surface area contributed by atoms with Crippen LogP contribution in [0.15, 0.2) is 36.7 Å². The van der Waals surface area contributed by atoms with Crippen molar-refractivity contribution in [1.29, 1.82) is 0 Å². The quantitative estimate of drug-likeness (QED) is 0.880. The van der Waals surface area contributed by atoms with E-state index in [2.05, 4.69) is 9.97 Å². The Morgan fingerprint density at radius 3 is 2.65 bits per heavy atom. The van der Waals surface area contributed by atoms with Crippen molar-refractivity contribution in [3.63, 3.8) is 0 Å². The average molecular weight is 230 g/mol. The second kappa shape index (κ2) is 4.93. The standard InChI is InChI=1S/C13H14N2O2/c1-9-13(4-3-7-14-9)17-11-5-6-12(10(2)16)15-8-11/h3-8,10,16H,1-2H3/t10-/m1/s1. The van der Waals surface area contributed by atoms with Crippen molar-refractivity contribution < 1.29 is 9.84 Å². The Labute approximate surface area is 99.9 Å². The molecule has 0 bridgehead atoms. The molecular weight excluding hydrogens is 216 g/mol. The van der Waals surface area contributed by atoms with E-state index in [1.165, 1.54) is 0 Å². The lowest BCUT2D eigenvalue weighted by Crippen LogP contribution is -1.95. The minimum Gasteiger partial charge on any atom is -0.454 e. The van der Waals surface area contributed by atoms with Crippen LogP contribution in [0, 0.1) is 6.92 Å². The van der Waals surface area contributed by atoms with Gasteiger partial charge in [-0.15, -0.1) is 0 Å². The molecule has 4 heteroatoms. The molecule has 0 unspecified atom stereocenters. The number of ether oxygens (including phenoxy) is 1. The molecule has 1 N–H and O–H groups in total. The molecule has 0 radical (unpaired) electrons. The molecule has 0 saturated carbocycles. The largest absolute Gasteiger partial charge is 0.454 e. The molecule has 4 nitrogen and oxygen atoms in total. The third-order valence-corrected chi connectivity index (χ3v) is 2.37. The Hall–Kier alpha value is -1.94. The summed E-state index contributed by atoms with van der Waals surface area (Å²) in [7, 11) is 0. The first-order valence-corrected chi connectivity index (χ1v) is 5.40. The summed E-state index contributed by atoms with van der Waals surface area (Å²) in [6, 6.07) is 7.19. The average Bonchev–Trinajstić information content (AvgIpc) is 2.33. The van der Waals surface area contributed by atoms with Crippen molar-refractivity contribution in [3.8, 4) is 11.5 Å². The summed E-state index contributed by atoms with van der Waals surface area (Å²) >= 11 is 0. The summed E-state index contributed by atoms with van der Waals surface area (Å²) < 4.78 is 5.64. The number of nitrogens with zero attached hydrogens (tertiary/aromatic N) is 2. The highest BCUT2D eigenvalue weighted by Gasteiger charge is 2.04. The van der Waals surface area contributed by atoms with Crippen molar-refractivity contribution in [1.82, 2.24) is 9.97 Å². The fraction of sp³-hybridized carbons (Fsp3) is 0.231. The highest BCUT2D eigenvalue weighted by atomic mass is 16.5. The Bertz CT molecular complexity index is 495. The molecule has 0 amide bonds. The second-order valence-electron chi connectivity index (χ2n) is 3.78. The molecular formula is C13H14N2O2. The summed E-state index contributed by atoms with van der Waals surface area (Å²) in [5, 5.41) is 9.34. The molecule has 2 rings (SSSR count). The predicted molar refractivity (Wildman–Crippen MR) is 63.9 cm³/mol. The zero-order chi connectivity index (χ0) is 12.3. The lowest BCUT2D eigenvalue weighted by Gasteiger charge is -2.08. The minimum atomic E-state index is -0.566. The van der Waals surface area contributed by atoms with Crippen LogP contribution in [0.5, 0.6) is 11.5 Å². The van der Waals surface area contributed by atoms with E-state index in [0.717, 1.165) is 5.69 Å². The van der Waals surface area contributed by atoms with Crippen molar-refractivity contribution in [2.24, 2.45) is 0 Å². The number of aromatic nitrogens is 2. The maximum absolute atomic E-state index is 9.34. The van der Waals surface area contributed by atoms with E-state index >= 15 is 0 Å². The molecule has 0 aliphatic rings. The number of aryl methyl sites for hydroxylation is 1. The van der Waals surface area contributed by atoms with E-state index in [1.807, 2.05) is 19.1 Å². The molecule has 0 spiro atoms. The summed E-state index contributed by atoms with van der Waals surface area (Å²) in [5.74, 6) is 1.34. The topological polar surface area (TPSA) is 55.2 Å². The Morgan fingerprint density at radius 1 is 1.24 bits per heavy atom. The third kappa shape index (κ3) is 2.79. The maximum atomic E-state index is 9.34. The van der Waals surface area contributed by atoms with Crippen LogP contribution in [0.25, 0.3) is 0 Å². The van der Waals surface area contributed by atoms with E-state index in [4.69, 9.17) is 4.74 Å². The van der Waals surface area contributed by atoms with Crippen LogP contribution < -0.4 is 4.74 Å². The van der Waals surface area contributed by atoms with Crippen molar-refractivity contribution >= 4 is 0 Å². The summed E-state index contributed by atoms with van der Waals surface area (Å²) in [6.07, 6.45) is 2.75. The molecule has 1 atom stereocenters. The lowest BCUT2D eigenvalue weighted by molar-refractivity contribution is 0.194. The molecule has 0 aliphatic carbocycles. The number of hydrogen-bond acceptors (Lipinski definition) is 4. The third-order valence-electron chi connectivity index (χ3n) is 2.37. The van der Waals surface area contributed by atoms with Crippen LogP contribution in [0.3, 0.4) is 0 Å². The highest BCUT2D eigenvalue weighted by molar-refractivity contribution is 5.32. The van der Waals surface area contributed by atoms with Crippen LogP contribution in [0.4, 0.5) is 0 Å². The monoisotopic (exact) mass is 230 g/mol. The SMILES string of the molecule is Cc1ncccc1Oc1ccc([C@@H](C)O)nc1. The highest BCUT2D eigenvalue weighted by Crippen LogP contribution is 2.23.